The quantitative estimate of drug-likeness (QED) is 0.351. The molecule has 2 aromatic carbocycles. The summed E-state index contributed by atoms with van der Waals surface area (Å²) in [6.45, 7) is 3.25. The van der Waals surface area contributed by atoms with Gasteiger partial charge in [-0.1, -0.05) is 49.4 Å². The molecule has 3 rings (SSSR count). The largest absolute Gasteiger partial charge is 0.508 e. The van der Waals surface area contributed by atoms with E-state index in [1.165, 1.54) is 24.3 Å². The number of rotatable bonds is 10. The van der Waals surface area contributed by atoms with Crippen LogP contribution in [0.5, 0.6) is 0 Å². The third-order valence-electron chi connectivity index (χ3n) is 6.01. The number of carbonyl (C=O) groups excluding carboxylic acids is 1. The van der Waals surface area contributed by atoms with E-state index in [1.54, 1.807) is 23.1 Å². The van der Waals surface area contributed by atoms with E-state index in [0.29, 0.717) is 36.8 Å². The van der Waals surface area contributed by atoms with Crippen molar-refractivity contribution in [1.29, 1.82) is 0 Å². The maximum absolute atomic E-state index is 13.1. The standard InChI is InChI=1S/C27H30FNO4/c1-2-24(31)16-13-21(18-30)27-20(17-26(33)29(27)23-8-4-3-5-9-23)7-6-10-25(32)19-11-14-22(28)15-12-19/h2-5,8-9,11-16,20,25,27,30-32H,1,6-7,10,17-18H2/b21-13+,24-16+. The molecule has 174 valence electrons. The zero-order valence-corrected chi connectivity index (χ0v) is 18.5. The lowest BCUT2D eigenvalue weighted by Gasteiger charge is -2.30. The summed E-state index contributed by atoms with van der Waals surface area (Å²) in [6, 6.07) is 14.7. The van der Waals surface area contributed by atoms with Gasteiger partial charge in [-0.25, -0.2) is 4.39 Å². The highest BCUT2D eigenvalue weighted by atomic mass is 19.1. The molecule has 1 fully saturated rings. The van der Waals surface area contributed by atoms with Gasteiger partial charge in [0.2, 0.25) is 5.91 Å². The van der Waals surface area contributed by atoms with Gasteiger partial charge in [0, 0.05) is 12.1 Å². The molecule has 1 saturated heterocycles. The molecule has 3 N–H and O–H groups in total. The Morgan fingerprint density at radius 1 is 1.15 bits per heavy atom. The van der Waals surface area contributed by atoms with Crippen LogP contribution in [0.4, 0.5) is 10.1 Å². The third kappa shape index (κ3) is 6.18. The first-order valence-corrected chi connectivity index (χ1v) is 11.1. The van der Waals surface area contributed by atoms with Gasteiger partial charge in [-0.2, -0.15) is 0 Å². The molecule has 0 spiro atoms. The number of allylic oxidation sites excluding steroid dienone is 3. The molecule has 0 saturated carbocycles. The van der Waals surface area contributed by atoms with Crippen LogP contribution in [-0.2, 0) is 4.79 Å². The Kier molecular flexibility index (Phi) is 8.58. The Morgan fingerprint density at radius 2 is 1.85 bits per heavy atom. The van der Waals surface area contributed by atoms with Gasteiger partial charge in [-0.3, -0.25) is 4.79 Å². The minimum Gasteiger partial charge on any atom is -0.508 e. The number of amides is 1. The number of hydrogen-bond donors (Lipinski definition) is 3. The molecule has 2 aromatic rings. The number of aliphatic hydroxyl groups is 3. The Morgan fingerprint density at radius 3 is 2.48 bits per heavy atom. The fourth-order valence-corrected chi connectivity index (χ4v) is 4.35. The van der Waals surface area contributed by atoms with E-state index >= 15 is 0 Å². The van der Waals surface area contributed by atoms with Crippen molar-refractivity contribution in [2.45, 2.75) is 37.8 Å². The maximum Gasteiger partial charge on any atom is 0.227 e. The van der Waals surface area contributed by atoms with E-state index in [-0.39, 0.29) is 36.1 Å². The normalized spacial score (nSPS) is 20.2. The molecule has 1 aliphatic rings. The topological polar surface area (TPSA) is 81.0 Å². The van der Waals surface area contributed by atoms with Crippen molar-refractivity contribution in [3.63, 3.8) is 0 Å². The van der Waals surface area contributed by atoms with Crippen LogP contribution in [0, 0.1) is 11.7 Å². The Hall–Kier alpha value is -3.22. The second-order valence-corrected chi connectivity index (χ2v) is 8.20. The van der Waals surface area contributed by atoms with Gasteiger partial charge in [0.1, 0.15) is 11.6 Å². The van der Waals surface area contributed by atoms with Crippen LogP contribution in [0.25, 0.3) is 0 Å². The van der Waals surface area contributed by atoms with Gasteiger partial charge in [-0.15, -0.1) is 0 Å². The second-order valence-electron chi connectivity index (χ2n) is 8.20. The van der Waals surface area contributed by atoms with Crippen LogP contribution < -0.4 is 4.90 Å². The molecule has 6 heteroatoms. The van der Waals surface area contributed by atoms with E-state index in [4.69, 9.17) is 0 Å². The van der Waals surface area contributed by atoms with Gasteiger partial charge in [0.15, 0.2) is 0 Å². The number of anilines is 1. The molecule has 0 bridgehead atoms. The van der Waals surface area contributed by atoms with Crippen LogP contribution >= 0.6 is 0 Å². The first kappa shape index (κ1) is 24.4. The van der Waals surface area contributed by atoms with Crippen molar-refractivity contribution >= 4 is 11.6 Å². The monoisotopic (exact) mass is 451 g/mol. The van der Waals surface area contributed by atoms with Crippen molar-refractivity contribution in [3.05, 3.63) is 102 Å². The minimum atomic E-state index is -0.716. The molecular formula is C27H30FNO4. The number of benzene rings is 2. The molecule has 33 heavy (non-hydrogen) atoms. The highest BCUT2D eigenvalue weighted by Crippen LogP contribution is 2.38. The number of halogens is 1. The second kappa shape index (κ2) is 11.6. The number of aliphatic hydroxyl groups excluding tert-OH is 3. The SMILES string of the molecule is C=C/C(O)=C\C=C(/CO)C1C(CCCC(O)c2ccc(F)cc2)CC(=O)N1c1ccccc1. The first-order chi connectivity index (χ1) is 15.9. The summed E-state index contributed by atoms with van der Waals surface area (Å²) < 4.78 is 13.1. The van der Waals surface area contributed by atoms with Crippen molar-refractivity contribution in [2.24, 2.45) is 5.92 Å². The van der Waals surface area contributed by atoms with Crippen molar-refractivity contribution in [2.75, 3.05) is 11.5 Å². The van der Waals surface area contributed by atoms with E-state index in [2.05, 4.69) is 6.58 Å². The molecule has 3 unspecified atom stereocenters. The van der Waals surface area contributed by atoms with Crippen LogP contribution in [0.1, 0.15) is 37.4 Å². The average molecular weight is 452 g/mol. The maximum atomic E-state index is 13.1. The summed E-state index contributed by atoms with van der Waals surface area (Å²) >= 11 is 0. The molecule has 0 aromatic heterocycles. The molecule has 1 amide bonds. The summed E-state index contributed by atoms with van der Waals surface area (Å²) in [5.41, 5.74) is 2.02. The van der Waals surface area contributed by atoms with Crippen molar-refractivity contribution in [3.8, 4) is 0 Å². The van der Waals surface area contributed by atoms with Gasteiger partial charge in [0.25, 0.3) is 0 Å². The van der Waals surface area contributed by atoms with Crippen molar-refractivity contribution in [1.82, 2.24) is 0 Å². The zero-order valence-electron chi connectivity index (χ0n) is 18.5. The fourth-order valence-electron chi connectivity index (χ4n) is 4.35. The summed E-state index contributed by atoms with van der Waals surface area (Å²) in [5.74, 6) is -0.489. The Bertz CT molecular complexity index is 1000. The highest BCUT2D eigenvalue weighted by molar-refractivity contribution is 5.97. The lowest BCUT2D eigenvalue weighted by atomic mass is 9.88. The first-order valence-electron chi connectivity index (χ1n) is 11.1. The fraction of sp³-hybridized carbons (Fsp3) is 0.296. The Balaban J connectivity index is 1.80. The summed E-state index contributed by atoms with van der Waals surface area (Å²) in [6.07, 6.45) is 5.79. The number of para-hydroxylation sites is 1. The Labute approximate surface area is 193 Å². The predicted molar refractivity (Wildman–Crippen MR) is 127 cm³/mol. The lowest BCUT2D eigenvalue weighted by Crippen LogP contribution is -2.38. The van der Waals surface area contributed by atoms with Crippen LogP contribution in [0.3, 0.4) is 0 Å². The van der Waals surface area contributed by atoms with Gasteiger partial charge in [-0.05, 0) is 66.3 Å². The van der Waals surface area contributed by atoms with Crippen LogP contribution in [-0.4, -0.2) is 33.9 Å². The van der Waals surface area contributed by atoms with E-state index in [0.717, 1.165) is 5.69 Å². The van der Waals surface area contributed by atoms with Gasteiger partial charge >= 0.3 is 0 Å². The van der Waals surface area contributed by atoms with Crippen LogP contribution in [0.15, 0.2) is 90.7 Å². The lowest BCUT2D eigenvalue weighted by molar-refractivity contribution is -0.117. The molecular weight excluding hydrogens is 421 g/mol. The van der Waals surface area contributed by atoms with Gasteiger partial charge in [0.05, 0.1) is 18.8 Å². The van der Waals surface area contributed by atoms with E-state index < -0.39 is 6.10 Å². The zero-order chi connectivity index (χ0) is 23.8. The minimum absolute atomic E-state index is 0.0319. The van der Waals surface area contributed by atoms with Gasteiger partial charge < -0.3 is 20.2 Å². The smallest absolute Gasteiger partial charge is 0.227 e. The van der Waals surface area contributed by atoms with E-state index in [1.807, 2.05) is 30.3 Å². The highest BCUT2D eigenvalue weighted by Gasteiger charge is 2.41. The molecule has 1 aliphatic heterocycles. The van der Waals surface area contributed by atoms with Crippen molar-refractivity contribution < 1.29 is 24.5 Å². The summed E-state index contributed by atoms with van der Waals surface area (Å²) in [7, 11) is 0. The molecule has 0 aliphatic carbocycles. The number of carbonyl (C=O) groups is 1. The predicted octanol–water partition coefficient (Wildman–Crippen LogP) is 5.00. The third-order valence-corrected chi connectivity index (χ3v) is 6.01. The average Bonchev–Trinajstić information content (AvgIpc) is 3.15. The number of nitrogens with zero attached hydrogens (tertiary/aromatic N) is 1. The van der Waals surface area contributed by atoms with E-state index in [9.17, 15) is 24.5 Å². The summed E-state index contributed by atoms with van der Waals surface area (Å²) in [4.78, 5) is 14.7. The molecule has 0 radical (unpaired) electrons. The molecule has 5 nitrogen and oxygen atoms in total. The molecule has 1 heterocycles. The van der Waals surface area contributed by atoms with Crippen LogP contribution in [0.2, 0.25) is 0 Å². The number of hydrogen-bond acceptors (Lipinski definition) is 4. The summed E-state index contributed by atoms with van der Waals surface area (Å²) in [5, 5.41) is 30.3. The molecule has 3 atom stereocenters.